The normalized spacial score (nSPS) is 12.8. The highest BCUT2D eigenvalue weighted by Gasteiger charge is 2.32. The van der Waals surface area contributed by atoms with Gasteiger partial charge in [0.15, 0.2) is 0 Å². The standard InChI is InChI=1S/C16H10F3N3O/c17-16(18,19)11-6-7-13-12(8-11)21-23-15-20-9-14(22(13)15)10-4-2-1-3-5-10/h1-9,21H. The van der Waals surface area contributed by atoms with E-state index in [4.69, 9.17) is 4.84 Å². The van der Waals surface area contributed by atoms with Crippen molar-refractivity contribution in [1.29, 1.82) is 0 Å². The number of nitrogens with one attached hydrogen (secondary N) is 1. The predicted molar refractivity (Wildman–Crippen MR) is 78.3 cm³/mol. The molecular formula is C16H10F3N3O. The molecule has 2 heterocycles. The third kappa shape index (κ3) is 2.21. The second-order valence-electron chi connectivity index (χ2n) is 5.06. The number of benzene rings is 2. The Morgan fingerprint density at radius 1 is 1.04 bits per heavy atom. The molecule has 0 radical (unpaired) electrons. The van der Waals surface area contributed by atoms with E-state index in [9.17, 15) is 13.2 Å². The Labute approximate surface area is 129 Å². The summed E-state index contributed by atoms with van der Waals surface area (Å²) in [7, 11) is 0. The van der Waals surface area contributed by atoms with Gasteiger partial charge >= 0.3 is 12.2 Å². The number of aromatic nitrogens is 2. The Kier molecular flexibility index (Phi) is 2.84. The third-order valence-electron chi connectivity index (χ3n) is 3.62. The first-order valence-corrected chi connectivity index (χ1v) is 6.82. The van der Waals surface area contributed by atoms with Crippen LogP contribution >= 0.6 is 0 Å². The monoisotopic (exact) mass is 317 g/mol. The van der Waals surface area contributed by atoms with E-state index in [1.165, 1.54) is 6.07 Å². The van der Waals surface area contributed by atoms with Crippen LogP contribution in [0.4, 0.5) is 18.9 Å². The summed E-state index contributed by atoms with van der Waals surface area (Å²) < 4.78 is 40.2. The fourth-order valence-corrected chi connectivity index (χ4v) is 2.54. The van der Waals surface area contributed by atoms with Crippen LogP contribution in [0.1, 0.15) is 5.56 Å². The molecule has 0 atom stereocenters. The molecule has 3 aromatic rings. The second kappa shape index (κ2) is 4.77. The van der Waals surface area contributed by atoms with Gasteiger partial charge in [-0.15, -0.1) is 0 Å². The molecule has 4 rings (SSSR count). The van der Waals surface area contributed by atoms with Crippen molar-refractivity contribution in [2.75, 3.05) is 5.48 Å². The quantitative estimate of drug-likeness (QED) is 0.728. The summed E-state index contributed by atoms with van der Waals surface area (Å²) in [6, 6.07) is 13.2. The highest BCUT2D eigenvalue weighted by molar-refractivity contribution is 5.71. The van der Waals surface area contributed by atoms with Crippen LogP contribution in [-0.2, 0) is 6.18 Å². The van der Waals surface area contributed by atoms with Crippen molar-refractivity contribution < 1.29 is 18.0 Å². The van der Waals surface area contributed by atoms with Crippen LogP contribution in [0.15, 0.2) is 54.7 Å². The van der Waals surface area contributed by atoms with Crippen LogP contribution < -0.4 is 10.3 Å². The van der Waals surface area contributed by atoms with Crippen LogP contribution in [0.5, 0.6) is 6.01 Å². The molecule has 2 aromatic carbocycles. The van der Waals surface area contributed by atoms with Crippen molar-refractivity contribution in [2.24, 2.45) is 0 Å². The topological polar surface area (TPSA) is 39.1 Å². The van der Waals surface area contributed by atoms with Crippen LogP contribution in [0.2, 0.25) is 0 Å². The van der Waals surface area contributed by atoms with Crippen molar-refractivity contribution in [3.8, 4) is 23.0 Å². The molecule has 116 valence electrons. The number of anilines is 1. The minimum absolute atomic E-state index is 0.238. The molecule has 0 saturated carbocycles. The van der Waals surface area contributed by atoms with Crippen molar-refractivity contribution in [2.45, 2.75) is 6.18 Å². The number of fused-ring (bicyclic) bond motifs is 3. The molecule has 0 bridgehead atoms. The maximum atomic E-state index is 12.9. The van der Waals surface area contributed by atoms with Crippen molar-refractivity contribution in [3.63, 3.8) is 0 Å². The highest BCUT2D eigenvalue weighted by atomic mass is 19.4. The van der Waals surface area contributed by atoms with Gasteiger partial charge in [-0.1, -0.05) is 30.3 Å². The molecule has 4 nitrogen and oxygen atoms in total. The molecule has 1 aliphatic heterocycles. The zero-order chi connectivity index (χ0) is 16.0. The van der Waals surface area contributed by atoms with Gasteiger partial charge in [0.05, 0.1) is 28.8 Å². The van der Waals surface area contributed by atoms with E-state index >= 15 is 0 Å². The number of hydrogen-bond acceptors (Lipinski definition) is 3. The first-order chi connectivity index (χ1) is 11.0. The fraction of sp³-hybridized carbons (Fsp3) is 0.0625. The maximum absolute atomic E-state index is 12.9. The largest absolute Gasteiger partial charge is 0.416 e. The maximum Gasteiger partial charge on any atom is 0.416 e. The van der Waals surface area contributed by atoms with Crippen LogP contribution in [0.25, 0.3) is 16.9 Å². The van der Waals surface area contributed by atoms with E-state index < -0.39 is 11.7 Å². The molecular weight excluding hydrogens is 307 g/mol. The minimum atomic E-state index is -4.41. The Morgan fingerprint density at radius 3 is 2.57 bits per heavy atom. The Morgan fingerprint density at radius 2 is 1.83 bits per heavy atom. The fourth-order valence-electron chi connectivity index (χ4n) is 2.54. The first-order valence-electron chi connectivity index (χ1n) is 6.82. The summed E-state index contributed by atoms with van der Waals surface area (Å²) in [4.78, 5) is 9.41. The van der Waals surface area contributed by atoms with Gasteiger partial charge in [-0.25, -0.2) is 10.5 Å². The zero-order valence-electron chi connectivity index (χ0n) is 11.6. The number of halogens is 3. The number of rotatable bonds is 1. The lowest BCUT2D eigenvalue weighted by atomic mass is 10.1. The van der Waals surface area contributed by atoms with Crippen LogP contribution in [-0.4, -0.2) is 9.55 Å². The summed E-state index contributed by atoms with van der Waals surface area (Å²) in [5.74, 6) is 0. The highest BCUT2D eigenvalue weighted by Crippen LogP contribution is 2.38. The van der Waals surface area contributed by atoms with Gasteiger partial charge in [0, 0.05) is 5.56 Å². The number of alkyl halides is 3. The zero-order valence-corrected chi connectivity index (χ0v) is 11.6. The third-order valence-corrected chi connectivity index (χ3v) is 3.62. The summed E-state index contributed by atoms with van der Waals surface area (Å²) in [6.07, 6.45) is -2.78. The van der Waals surface area contributed by atoms with Crippen LogP contribution in [0.3, 0.4) is 0 Å². The van der Waals surface area contributed by atoms with Gasteiger partial charge in [0.25, 0.3) is 0 Å². The average molecular weight is 317 g/mol. The van der Waals surface area contributed by atoms with Crippen LogP contribution in [0, 0.1) is 0 Å². The van der Waals surface area contributed by atoms with Crippen molar-refractivity contribution >= 4 is 5.69 Å². The first kappa shape index (κ1) is 13.7. The van der Waals surface area contributed by atoms with E-state index in [0.717, 1.165) is 23.4 Å². The SMILES string of the molecule is FC(F)(F)c1ccc2c(c1)NOc1ncc(-c3ccccc3)n1-2. The molecule has 0 amide bonds. The number of hydrogen-bond donors (Lipinski definition) is 1. The summed E-state index contributed by atoms with van der Waals surface area (Å²) >= 11 is 0. The van der Waals surface area contributed by atoms with Gasteiger partial charge < -0.3 is 4.84 Å². The second-order valence-corrected chi connectivity index (χ2v) is 5.06. The minimum Gasteiger partial charge on any atom is -0.341 e. The summed E-state index contributed by atoms with van der Waals surface area (Å²) in [5.41, 5.74) is 4.19. The lowest BCUT2D eigenvalue weighted by molar-refractivity contribution is -0.137. The van der Waals surface area contributed by atoms with Crippen molar-refractivity contribution in [3.05, 3.63) is 60.3 Å². The molecule has 7 heteroatoms. The lowest BCUT2D eigenvalue weighted by Gasteiger charge is -2.22. The van der Waals surface area contributed by atoms with Gasteiger partial charge in [-0.05, 0) is 18.2 Å². The molecule has 1 N–H and O–H groups in total. The summed E-state index contributed by atoms with van der Waals surface area (Å²) in [6.45, 7) is 0. The average Bonchev–Trinajstić information content (AvgIpc) is 2.98. The molecule has 1 aromatic heterocycles. The smallest absolute Gasteiger partial charge is 0.341 e. The van der Waals surface area contributed by atoms with E-state index in [-0.39, 0.29) is 11.7 Å². The van der Waals surface area contributed by atoms with Gasteiger partial charge in [0.2, 0.25) is 0 Å². The molecule has 23 heavy (non-hydrogen) atoms. The van der Waals surface area contributed by atoms with Crippen molar-refractivity contribution in [1.82, 2.24) is 9.55 Å². The number of imidazole rings is 1. The molecule has 0 unspecified atom stereocenters. The van der Waals surface area contributed by atoms with Gasteiger partial charge in [0.1, 0.15) is 0 Å². The molecule has 0 saturated heterocycles. The molecule has 1 aliphatic rings. The van der Waals surface area contributed by atoms with E-state index in [0.29, 0.717) is 5.69 Å². The molecule has 0 fully saturated rings. The summed E-state index contributed by atoms with van der Waals surface area (Å²) in [5, 5.41) is 0. The molecule has 0 spiro atoms. The van der Waals surface area contributed by atoms with Gasteiger partial charge in [-0.3, -0.25) is 4.57 Å². The van der Waals surface area contributed by atoms with Gasteiger partial charge in [-0.2, -0.15) is 13.2 Å². The number of nitrogens with zero attached hydrogens (tertiary/aromatic N) is 2. The Hall–Kier alpha value is -2.96. The Bertz CT molecular complexity index is 872. The van der Waals surface area contributed by atoms with E-state index in [1.54, 1.807) is 10.8 Å². The van der Waals surface area contributed by atoms with E-state index in [2.05, 4.69) is 10.5 Å². The lowest BCUT2D eigenvalue weighted by Crippen LogP contribution is -2.18. The predicted octanol–water partition coefficient (Wildman–Crippen LogP) is 4.28. The van der Waals surface area contributed by atoms with E-state index in [1.807, 2.05) is 30.3 Å². The molecule has 0 aliphatic carbocycles. The Balaban J connectivity index is 1.88.